The molecule has 2 atom stereocenters. The molecule has 1 aliphatic heterocycles. The first-order valence-corrected chi connectivity index (χ1v) is 7.65. The summed E-state index contributed by atoms with van der Waals surface area (Å²) < 4.78 is 22.7. The van der Waals surface area contributed by atoms with Crippen LogP contribution in [-0.2, 0) is 9.84 Å². The Morgan fingerprint density at radius 1 is 1.50 bits per heavy atom. The summed E-state index contributed by atoms with van der Waals surface area (Å²) in [7, 11) is -0.860. The standard InChI is InChI=1S/C11H23NO3S/c1-4-11(2,9-13)8-12(3)10-5-6-16(14,15)7-10/h10,13H,4-9H2,1-3H3. The molecule has 1 N–H and O–H groups in total. The molecule has 16 heavy (non-hydrogen) atoms. The highest BCUT2D eigenvalue weighted by Gasteiger charge is 2.33. The molecule has 0 radical (unpaired) electrons. The van der Waals surface area contributed by atoms with Gasteiger partial charge in [-0.2, -0.15) is 0 Å². The summed E-state index contributed by atoms with van der Waals surface area (Å²) in [5, 5.41) is 9.33. The van der Waals surface area contributed by atoms with Gasteiger partial charge in [0.1, 0.15) is 0 Å². The maximum Gasteiger partial charge on any atom is 0.151 e. The zero-order valence-electron chi connectivity index (χ0n) is 10.4. The maximum absolute atomic E-state index is 11.4. The first-order valence-electron chi connectivity index (χ1n) is 5.83. The van der Waals surface area contributed by atoms with Crippen LogP contribution in [0.15, 0.2) is 0 Å². The SMILES string of the molecule is CCC(C)(CO)CN(C)C1CCS(=O)(=O)C1. The van der Waals surface area contributed by atoms with Crippen LogP contribution < -0.4 is 0 Å². The minimum atomic E-state index is -2.81. The van der Waals surface area contributed by atoms with Gasteiger partial charge in [0, 0.05) is 24.6 Å². The van der Waals surface area contributed by atoms with Gasteiger partial charge in [0.15, 0.2) is 9.84 Å². The highest BCUT2D eigenvalue weighted by Crippen LogP contribution is 2.24. The van der Waals surface area contributed by atoms with Crippen LogP contribution in [0.5, 0.6) is 0 Å². The van der Waals surface area contributed by atoms with Gasteiger partial charge in [0.25, 0.3) is 0 Å². The molecule has 1 fully saturated rings. The molecular weight excluding hydrogens is 226 g/mol. The molecule has 0 aromatic heterocycles. The summed E-state index contributed by atoms with van der Waals surface area (Å²) in [6.45, 7) is 4.98. The predicted molar refractivity (Wildman–Crippen MR) is 65.2 cm³/mol. The number of aliphatic hydroxyl groups excluding tert-OH is 1. The van der Waals surface area contributed by atoms with E-state index in [1.165, 1.54) is 0 Å². The molecule has 1 rings (SSSR count). The largest absolute Gasteiger partial charge is 0.396 e. The zero-order chi connectivity index (χ0) is 12.4. The summed E-state index contributed by atoms with van der Waals surface area (Å²) in [6.07, 6.45) is 1.62. The van der Waals surface area contributed by atoms with E-state index in [-0.39, 0.29) is 23.8 Å². The number of sulfone groups is 1. The molecule has 4 nitrogen and oxygen atoms in total. The van der Waals surface area contributed by atoms with Crippen LogP contribution in [0.1, 0.15) is 26.7 Å². The average molecular weight is 249 g/mol. The lowest BCUT2D eigenvalue weighted by molar-refractivity contribution is 0.0820. The first-order chi connectivity index (χ1) is 7.32. The van der Waals surface area contributed by atoms with Crippen molar-refractivity contribution in [2.45, 2.75) is 32.7 Å². The van der Waals surface area contributed by atoms with E-state index in [2.05, 4.69) is 11.8 Å². The molecule has 1 heterocycles. The Morgan fingerprint density at radius 2 is 2.12 bits per heavy atom. The monoisotopic (exact) mass is 249 g/mol. The molecule has 1 aliphatic rings. The second-order valence-electron chi connectivity index (χ2n) is 5.29. The Hall–Kier alpha value is -0.130. The molecule has 2 unspecified atom stereocenters. The normalized spacial score (nSPS) is 28.2. The van der Waals surface area contributed by atoms with Gasteiger partial charge >= 0.3 is 0 Å². The highest BCUT2D eigenvalue weighted by atomic mass is 32.2. The quantitative estimate of drug-likeness (QED) is 0.771. The number of nitrogens with zero attached hydrogens (tertiary/aromatic N) is 1. The minimum absolute atomic E-state index is 0.124. The highest BCUT2D eigenvalue weighted by molar-refractivity contribution is 7.91. The molecule has 0 aromatic carbocycles. The Morgan fingerprint density at radius 3 is 2.50 bits per heavy atom. The summed E-state index contributed by atoms with van der Waals surface area (Å²) in [4.78, 5) is 2.09. The van der Waals surface area contributed by atoms with Gasteiger partial charge in [-0.25, -0.2) is 8.42 Å². The summed E-state index contributed by atoms with van der Waals surface area (Å²) >= 11 is 0. The number of hydrogen-bond donors (Lipinski definition) is 1. The van der Waals surface area contributed by atoms with Crippen molar-refractivity contribution >= 4 is 9.84 Å². The van der Waals surface area contributed by atoms with E-state index < -0.39 is 9.84 Å². The van der Waals surface area contributed by atoms with Gasteiger partial charge in [-0.1, -0.05) is 13.8 Å². The lowest BCUT2D eigenvalue weighted by Crippen LogP contribution is -2.42. The topological polar surface area (TPSA) is 57.6 Å². The van der Waals surface area contributed by atoms with E-state index in [1.54, 1.807) is 0 Å². The third-order valence-electron chi connectivity index (χ3n) is 3.70. The molecule has 0 amide bonds. The molecule has 0 aliphatic carbocycles. The average Bonchev–Trinajstić information content (AvgIpc) is 2.58. The van der Waals surface area contributed by atoms with E-state index in [1.807, 2.05) is 14.0 Å². The van der Waals surface area contributed by atoms with Crippen LogP contribution >= 0.6 is 0 Å². The molecule has 96 valence electrons. The van der Waals surface area contributed by atoms with Gasteiger partial charge in [-0.05, 0) is 19.9 Å². The zero-order valence-corrected chi connectivity index (χ0v) is 11.3. The van der Waals surface area contributed by atoms with E-state index in [0.29, 0.717) is 5.75 Å². The lowest BCUT2D eigenvalue weighted by Gasteiger charge is -2.34. The third kappa shape index (κ3) is 3.43. The van der Waals surface area contributed by atoms with Crippen molar-refractivity contribution in [1.82, 2.24) is 4.90 Å². The van der Waals surface area contributed by atoms with E-state index in [4.69, 9.17) is 0 Å². The Kier molecular flexibility index (Phi) is 4.37. The van der Waals surface area contributed by atoms with Crippen LogP contribution in [0.4, 0.5) is 0 Å². The number of aliphatic hydroxyl groups is 1. The van der Waals surface area contributed by atoms with E-state index in [0.717, 1.165) is 19.4 Å². The predicted octanol–water partition coefficient (Wildman–Crippen LogP) is 0.514. The van der Waals surface area contributed by atoms with Crippen molar-refractivity contribution in [3.63, 3.8) is 0 Å². The molecule has 0 aromatic rings. The van der Waals surface area contributed by atoms with Gasteiger partial charge < -0.3 is 10.0 Å². The molecule has 1 saturated heterocycles. The van der Waals surface area contributed by atoms with Gasteiger partial charge in [0.05, 0.1) is 11.5 Å². The fourth-order valence-electron chi connectivity index (χ4n) is 2.13. The second kappa shape index (κ2) is 5.02. The van der Waals surface area contributed by atoms with Crippen molar-refractivity contribution in [2.24, 2.45) is 5.41 Å². The van der Waals surface area contributed by atoms with Crippen LogP contribution in [0.3, 0.4) is 0 Å². The molecule has 5 heteroatoms. The molecule has 0 bridgehead atoms. The molecule has 0 saturated carbocycles. The molecular formula is C11H23NO3S. The van der Waals surface area contributed by atoms with Gasteiger partial charge in [-0.3, -0.25) is 0 Å². The Labute approximate surface area is 98.6 Å². The maximum atomic E-state index is 11.4. The van der Waals surface area contributed by atoms with Crippen molar-refractivity contribution in [2.75, 3.05) is 31.7 Å². The van der Waals surface area contributed by atoms with Gasteiger partial charge in [0.2, 0.25) is 0 Å². The number of rotatable bonds is 5. The minimum Gasteiger partial charge on any atom is -0.396 e. The summed E-state index contributed by atoms with van der Waals surface area (Å²) in [5.74, 6) is 0.582. The Bertz CT molecular complexity index is 322. The number of hydrogen-bond acceptors (Lipinski definition) is 4. The van der Waals surface area contributed by atoms with E-state index >= 15 is 0 Å². The van der Waals surface area contributed by atoms with Crippen LogP contribution in [0, 0.1) is 5.41 Å². The van der Waals surface area contributed by atoms with Crippen LogP contribution in [0.2, 0.25) is 0 Å². The van der Waals surface area contributed by atoms with Crippen LogP contribution in [0.25, 0.3) is 0 Å². The first kappa shape index (κ1) is 13.9. The molecule has 0 spiro atoms. The van der Waals surface area contributed by atoms with Gasteiger partial charge in [-0.15, -0.1) is 0 Å². The fraction of sp³-hybridized carbons (Fsp3) is 1.00. The smallest absolute Gasteiger partial charge is 0.151 e. The van der Waals surface area contributed by atoms with Crippen molar-refractivity contribution in [3.05, 3.63) is 0 Å². The summed E-state index contributed by atoms with van der Waals surface area (Å²) in [5.41, 5.74) is -0.124. The van der Waals surface area contributed by atoms with Crippen molar-refractivity contribution in [3.8, 4) is 0 Å². The van der Waals surface area contributed by atoms with Crippen molar-refractivity contribution in [1.29, 1.82) is 0 Å². The van der Waals surface area contributed by atoms with Crippen LogP contribution in [-0.4, -0.2) is 56.2 Å². The van der Waals surface area contributed by atoms with Crippen molar-refractivity contribution < 1.29 is 13.5 Å². The third-order valence-corrected chi connectivity index (χ3v) is 5.45. The second-order valence-corrected chi connectivity index (χ2v) is 7.52. The fourth-order valence-corrected chi connectivity index (χ4v) is 3.93. The Balaban J connectivity index is 2.56. The lowest BCUT2D eigenvalue weighted by atomic mass is 9.87. The summed E-state index contributed by atoms with van der Waals surface area (Å²) in [6, 6.07) is 0.127. The van der Waals surface area contributed by atoms with E-state index in [9.17, 15) is 13.5 Å².